The van der Waals surface area contributed by atoms with Gasteiger partial charge in [-0.3, -0.25) is 9.59 Å². The molecule has 1 aromatic carbocycles. The molecule has 0 bridgehead atoms. The normalized spacial score (nSPS) is 10.6. The molecule has 6 heteroatoms. The van der Waals surface area contributed by atoms with Crippen molar-refractivity contribution in [2.45, 2.75) is 6.54 Å². The van der Waals surface area contributed by atoms with Crippen LogP contribution >= 0.6 is 11.3 Å². The molecule has 0 aliphatic rings. The van der Waals surface area contributed by atoms with Crippen LogP contribution in [0.1, 0.15) is 16.1 Å². The fourth-order valence-corrected chi connectivity index (χ4v) is 2.60. The van der Waals surface area contributed by atoms with E-state index in [0.717, 1.165) is 5.39 Å². The van der Waals surface area contributed by atoms with Crippen LogP contribution in [0, 0.1) is 0 Å². The SMILES string of the molecule is O=C(NCc1n[nH]c(=O)c2ccccc12)c1ccsc1. The zero-order valence-corrected chi connectivity index (χ0v) is 11.2. The van der Waals surface area contributed by atoms with Crippen molar-refractivity contribution in [2.24, 2.45) is 0 Å². The molecule has 0 aliphatic carbocycles. The van der Waals surface area contributed by atoms with Gasteiger partial charge in [0.25, 0.3) is 11.5 Å². The number of hydrogen-bond acceptors (Lipinski definition) is 4. The van der Waals surface area contributed by atoms with Gasteiger partial charge in [-0.1, -0.05) is 18.2 Å². The van der Waals surface area contributed by atoms with Gasteiger partial charge in [0.15, 0.2) is 0 Å². The van der Waals surface area contributed by atoms with Crippen LogP contribution in [0.15, 0.2) is 45.9 Å². The highest BCUT2D eigenvalue weighted by Crippen LogP contribution is 2.12. The van der Waals surface area contributed by atoms with E-state index in [1.165, 1.54) is 11.3 Å². The number of H-pyrrole nitrogens is 1. The molecular formula is C14H11N3O2S. The summed E-state index contributed by atoms with van der Waals surface area (Å²) in [5.74, 6) is -0.150. The molecular weight excluding hydrogens is 274 g/mol. The third-order valence-electron chi connectivity index (χ3n) is 2.97. The Morgan fingerprint density at radius 3 is 2.80 bits per heavy atom. The maximum Gasteiger partial charge on any atom is 0.272 e. The maximum absolute atomic E-state index is 11.9. The topological polar surface area (TPSA) is 74.8 Å². The van der Waals surface area contributed by atoms with Gasteiger partial charge in [0, 0.05) is 16.3 Å². The van der Waals surface area contributed by atoms with Crippen molar-refractivity contribution < 1.29 is 4.79 Å². The Balaban J connectivity index is 1.87. The largest absolute Gasteiger partial charge is 0.346 e. The summed E-state index contributed by atoms with van der Waals surface area (Å²) in [7, 11) is 0. The standard InChI is InChI=1S/C14H11N3O2S/c18-13(9-5-6-20-8-9)15-7-12-10-3-1-2-4-11(10)14(19)17-16-12/h1-6,8H,7H2,(H,15,18)(H,17,19). The monoisotopic (exact) mass is 285 g/mol. The van der Waals surface area contributed by atoms with Gasteiger partial charge < -0.3 is 5.32 Å². The minimum Gasteiger partial charge on any atom is -0.346 e. The van der Waals surface area contributed by atoms with Crippen molar-refractivity contribution in [3.8, 4) is 0 Å². The molecule has 100 valence electrons. The van der Waals surface area contributed by atoms with E-state index < -0.39 is 0 Å². The lowest BCUT2D eigenvalue weighted by atomic mass is 10.1. The van der Waals surface area contributed by atoms with Crippen LogP contribution in [0.3, 0.4) is 0 Å². The van der Waals surface area contributed by atoms with E-state index in [4.69, 9.17) is 0 Å². The number of carbonyl (C=O) groups is 1. The second-order valence-electron chi connectivity index (χ2n) is 4.24. The molecule has 0 saturated heterocycles. The van der Waals surface area contributed by atoms with Crippen LogP contribution in [0.4, 0.5) is 0 Å². The third kappa shape index (κ3) is 2.33. The zero-order valence-electron chi connectivity index (χ0n) is 10.4. The van der Waals surface area contributed by atoms with Gasteiger partial charge in [0.05, 0.1) is 17.6 Å². The van der Waals surface area contributed by atoms with Gasteiger partial charge in [-0.25, -0.2) is 5.10 Å². The maximum atomic E-state index is 11.9. The lowest BCUT2D eigenvalue weighted by Crippen LogP contribution is -2.24. The van der Waals surface area contributed by atoms with E-state index >= 15 is 0 Å². The van der Waals surface area contributed by atoms with Crippen LogP contribution in [-0.4, -0.2) is 16.1 Å². The van der Waals surface area contributed by atoms with Gasteiger partial charge >= 0.3 is 0 Å². The summed E-state index contributed by atoms with van der Waals surface area (Å²) in [6, 6.07) is 8.96. The molecule has 0 atom stereocenters. The number of aromatic amines is 1. The molecule has 5 nitrogen and oxygen atoms in total. The van der Waals surface area contributed by atoms with Crippen molar-refractivity contribution in [1.82, 2.24) is 15.5 Å². The fraction of sp³-hybridized carbons (Fsp3) is 0.0714. The Labute approximate surface area is 118 Å². The van der Waals surface area contributed by atoms with Crippen molar-refractivity contribution >= 4 is 28.0 Å². The summed E-state index contributed by atoms with van der Waals surface area (Å²) in [4.78, 5) is 23.5. The fourth-order valence-electron chi connectivity index (χ4n) is 1.97. The number of nitrogens with one attached hydrogen (secondary N) is 2. The molecule has 2 N–H and O–H groups in total. The third-order valence-corrected chi connectivity index (χ3v) is 3.66. The molecule has 2 aromatic heterocycles. The zero-order chi connectivity index (χ0) is 13.9. The van der Waals surface area contributed by atoms with Crippen molar-refractivity contribution in [2.75, 3.05) is 0 Å². The number of amides is 1. The number of fused-ring (bicyclic) bond motifs is 1. The summed E-state index contributed by atoms with van der Waals surface area (Å²) in [5.41, 5.74) is 1.04. The number of aromatic nitrogens is 2. The first-order valence-corrected chi connectivity index (χ1v) is 6.96. The number of carbonyl (C=O) groups excluding carboxylic acids is 1. The van der Waals surface area contributed by atoms with E-state index in [0.29, 0.717) is 16.6 Å². The van der Waals surface area contributed by atoms with E-state index in [1.807, 2.05) is 17.5 Å². The average molecular weight is 285 g/mol. The second-order valence-corrected chi connectivity index (χ2v) is 5.02. The van der Waals surface area contributed by atoms with Crippen molar-refractivity contribution in [3.05, 3.63) is 62.7 Å². The van der Waals surface area contributed by atoms with E-state index in [1.54, 1.807) is 23.6 Å². The summed E-state index contributed by atoms with van der Waals surface area (Å²) < 4.78 is 0. The lowest BCUT2D eigenvalue weighted by molar-refractivity contribution is 0.0951. The Morgan fingerprint density at radius 1 is 1.25 bits per heavy atom. The summed E-state index contributed by atoms with van der Waals surface area (Å²) >= 11 is 1.47. The number of nitrogens with zero attached hydrogens (tertiary/aromatic N) is 1. The Hall–Kier alpha value is -2.47. The van der Waals surface area contributed by atoms with E-state index in [-0.39, 0.29) is 18.0 Å². The predicted octanol–water partition coefficient (Wildman–Crippen LogP) is 1.91. The van der Waals surface area contributed by atoms with Gasteiger partial charge in [0.1, 0.15) is 0 Å². The van der Waals surface area contributed by atoms with Gasteiger partial charge in [0.2, 0.25) is 0 Å². The first kappa shape index (κ1) is 12.6. The molecule has 3 rings (SSSR count). The van der Waals surface area contributed by atoms with Crippen molar-refractivity contribution in [1.29, 1.82) is 0 Å². The second kappa shape index (κ2) is 5.26. The van der Waals surface area contributed by atoms with Crippen LogP contribution < -0.4 is 10.9 Å². The molecule has 0 saturated carbocycles. The van der Waals surface area contributed by atoms with Crippen LogP contribution in [0.25, 0.3) is 10.8 Å². The Kier molecular flexibility index (Phi) is 3.30. The van der Waals surface area contributed by atoms with Crippen molar-refractivity contribution in [3.63, 3.8) is 0 Å². The quantitative estimate of drug-likeness (QED) is 0.772. The minimum absolute atomic E-state index is 0.150. The summed E-state index contributed by atoms with van der Waals surface area (Å²) in [6.07, 6.45) is 0. The van der Waals surface area contributed by atoms with Gasteiger partial charge in [-0.15, -0.1) is 0 Å². The molecule has 2 heterocycles. The number of thiophene rings is 1. The summed E-state index contributed by atoms with van der Waals surface area (Å²) in [6.45, 7) is 0.270. The molecule has 20 heavy (non-hydrogen) atoms. The average Bonchev–Trinajstić information content (AvgIpc) is 3.01. The Morgan fingerprint density at radius 2 is 2.05 bits per heavy atom. The van der Waals surface area contributed by atoms with Crippen LogP contribution in [-0.2, 0) is 6.54 Å². The Bertz CT molecular complexity index is 809. The summed E-state index contributed by atoms with van der Waals surface area (Å²) in [5, 5.41) is 14.2. The van der Waals surface area contributed by atoms with Gasteiger partial charge in [-0.05, 0) is 17.5 Å². The minimum atomic E-state index is -0.228. The first-order valence-electron chi connectivity index (χ1n) is 6.02. The van der Waals surface area contributed by atoms with Gasteiger partial charge in [-0.2, -0.15) is 16.4 Å². The highest BCUT2D eigenvalue weighted by molar-refractivity contribution is 7.08. The molecule has 1 amide bonds. The van der Waals surface area contributed by atoms with E-state index in [2.05, 4.69) is 15.5 Å². The lowest BCUT2D eigenvalue weighted by Gasteiger charge is -2.06. The molecule has 0 spiro atoms. The van der Waals surface area contributed by atoms with Crippen LogP contribution in [0.2, 0.25) is 0 Å². The smallest absolute Gasteiger partial charge is 0.272 e. The van der Waals surface area contributed by atoms with Crippen LogP contribution in [0.5, 0.6) is 0 Å². The number of rotatable bonds is 3. The highest BCUT2D eigenvalue weighted by Gasteiger charge is 2.09. The number of hydrogen-bond donors (Lipinski definition) is 2. The molecule has 0 aliphatic heterocycles. The first-order chi connectivity index (χ1) is 9.75. The highest BCUT2D eigenvalue weighted by atomic mass is 32.1. The number of benzene rings is 1. The molecule has 0 fully saturated rings. The van der Waals surface area contributed by atoms with E-state index in [9.17, 15) is 9.59 Å². The predicted molar refractivity (Wildman–Crippen MR) is 77.9 cm³/mol. The molecule has 3 aromatic rings. The molecule has 0 unspecified atom stereocenters. The molecule has 0 radical (unpaired) electrons.